The van der Waals surface area contributed by atoms with Crippen molar-refractivity contribution in [3.05, 3.63) is 18.2 Å². The first-order chi connectivity index (χ1) is 9.47. The lowest BCUT2D eigenvalue weighted by molar-refractivity contribution is -0.120. The maximum absolute atomic E-state index is 12.0. The summed E-state index contributed by atoms with van der Waals surface area (Å²) in [7, 11) is 0. The third kappa shape index (κ3) is 3.35. The molecule has 5 nitrogen and oxygen atoms in total. The van der Waals surface area contributed by atoms with Crippen LogP contribution in [0.15, 0.2) is 18.2 Å². The molecule has 20 heavy (non-hydrogen) atoms. The van der Waals surface area contributed by atoms with Gasteiger partial charge in [0.25, 0.3) is 0 Å². The van der Waals surface area contributed by atoms with Crippen molar-refractivity contribution in [3.8, 4) is 5.75 Å². The minimum atomic E-state index is 0.0157. The standard InChI is InChI=1S/C15H23N3O2/c1-10(2)7-17-14(19)9-18-8-11(3)20-13-6-4-5-12(16)15(13)18/h4-6,10-11H,7-9,16H2,1-3H3,(H,17,19). The molecule has 0 aromatic heterocycles. The molecule has 1 atom stereocenters. The van der Waals surface area contributed by atoms with Gasteiger partial charge in [-0.2, -0.15) is 0 Å². The number of fused-ring (bicyclic) bond motifs is 1. The molecule has 1 amide bonds. The maximum Gasteiger partial charge on any atom is 0.239 e. The first-order valence-corrected chi connectivity index (χ1v) is 7.04. The summed E-state index contributed by atoms with van der Waals surface area (Å²) in [4.78, 5) is 14.0. The third-order valence-corrected chi connectivity index (χ3v) is 3.19. The van der Waals surface area contributed by atoms with Crippen molar-refractivity contribution in [1.82, 2.24) is 5.32 Å². The second-order valence-corrected chi connectivity index (χ2v) is 5.70. The number of nitrogens with zero attached hydrogens (tertiary/aromatic N) is 1. The molecule has 0 bridgehead atoms. The lowest BCUT2D eigenvalue weighted by Gasteiger charge is -2.35. The van der Waals surface area contributed by atoms with Gasteiger partial charge in [-0.15, -0.1) is 0 Å². The zero-order valence-electron chi connectivity index (χ0n) is 12.3. The van der Waals surface area contributed by atoms with E-state index in [-0.39, 0.29) is 12.0 Å². The molecule has 1 unspecified atom stereocenters. The number of amides is 1. The molecule has 3 N–H and O–H groups in total. The molecule has 1 aliphatic rings. The number of hydrogen-bond donors (Lipinski definition) is 2. The molecule has 1 aliphatic heterocycles. The summed E-state index contributed by atoms with van der Waals surface area (Å²) in [6.07, 6.45) is 0.0437. The first-order valence-electron chi connectivity index (χ1n) is 7.04. The van der Waals surface area contributed by atoms with Crippen molar-refractivity contribution < 1.29 is 9.53 Å². The van der Waals surface area contributed by atoms with Gasteiger partial charge in [-0.25, -0.2) is 0 Å². The maximum atomic E-state index is 12.0. The number of nitrogen functional groups attached to an aromatic ring is 1. The van der Waals surface area contributed by atoms with Crippen LogP contribution in [0.3, 0.4) is 0 Å². The quantitative estimate of drug-likeness (QED) is 0.821. The van der Waals surface area contributed by atoms with E-state index in [2.05, 4.69) is 19.2 Å². The fraction of sp³-hybridized carbons (Fsp3) is 0.533. The Morgan fingerprint density at radius 3 is 3.00 bits per heavy atom. The number of rotatable bonds is 4. The Balaban J connectivity index is 2.11. The fourth-order valence-electron chi connectivity index (χ4n) is 2.32. The van der Waals surface area contributed by atoms with Gasteiger partial charge in [0.2, 0.25) is 5.91 Å². The molecule has 0 fully saturated rings. The summed E-state index contributed by atoms with van der Waals surface area (Å²) < 4.78 is 5.77. The zero-order valence-corrected chi connectivity index (χ0v) is 12.3. The van der Waals surface area contributed by atoms with E-state index in [1.807, 2.05) is 30.0 Å². The number of nitrogens with two attached hydrogens (primary N) is 1. The van der Waals surface area contributed by atoms with Crippen LogP contribution in [0.2, 0.25) is 0 Å². The van der Waals surface area contributed by atoms with Crippen LogP contribution in [0.25, 0.3) is 0 Å². The van der Waals surface area contributed by atoms with E-state index in [1.165, 1.54) is 0 Å². The van der Waals surface area contributed by atoms with Gasteiger partial charge in [-0.3, -0.25) is 4.79 Å². The summed E-state index contributed by atoms with van der Waals surface area (Å²) >= 11 is 0. The molecule has 0 radical (unpaired) electrons. The van der Waals surface area contributed by atoms with E-state index in [4.69, 9.17) is 10.5 Å². The fourth-order valence-corrected chi connectivity index (χ4v) is 2.32. The molecular weight excluding hydrogens is 254 g/mol. The highest BCUT2D eigenvalue weighted by atomic mass is 16.5. The van der Waals surface area contributed by atoms with Gasteiger partial charge >= 0.3 is 0 Å². The van der Waals surface area contributed by atoms with E-state index in [9.17, 15) is 4.79 Å². The summed E-state index contributed by atoms with van der Waals surface area (Å²) in [5.74, 6) is 1.21. The third-order valence-electron chi connectivity index (χ3n) is 3.19. The number of anilines is 2. The average Bonchev–Trinajstić information content (AvgIpc) is 2.35. The topological polar surface area (TPSA) is 67.6 Å². The lowest BCUT2D eigenvalue weighted by Crippen LogP contribution is -2.45. The number of carbonyl (C=O) groups is 1. The van der Waals surface area contributed by atoms with Gasteiger partial charge in [0.05, 0.1) is 18.8 Å². The molecule has 2 rings (SSSR count). The Bertz CT molecular complexity index is 488. The molecule has 1 heterocycles. The van der Waals surface area contributed by atoms with Crippen molar-refractivity contribution in [2.24, 2.45) is 5.92 Å². The minimum absolute atomic E-state index is 0.0157. The largest absolute Gasteiger partial charge is 0.487 e. The van der Waals surface area contributed by atoms with Crippen LogP contribution in [0.5, 0.6) is 5.75 Å². The zero-order chi connectivity index (χ0) is 14.7. The molecule has 5 heteroatoms. The van der Waals surface area contributed by atoms with Crippen molar-refractivity contribution in [3.63, 3.8) is 0 Å². The predicted octanol–water partition coefficient (Wildman–Crippen LogP) is 1.63. The molecule has 1 aromatic rings. The van der Waals surface area contributed by atoms with Crippen LogP contribution >= 0.6 is 0 Å². The number of ether oxygens (including phenoxy) is 1. The normalized spacial score (nSPS) is 17.6. The van der Waals surface area contributed by atoms with Gasteiger partial charge in [0.15, 0.2) is 0 Å². The molecule has 1 aromatic carbocycles. The van der Waals surface area contributed by atoms with Crippen LogP contribution in [0, 0.1) is 5.92 Å². The Labute approximate surface area is 120 Å². The average molecular weight is 277 g/mol. The van der Waals surface area contributed by atoms with Crippen LogP contribution in [-0.2, 0) is 4.79 Å². The number of carbonyl (C=O) groups excluding carboxylic acids is 1. The second-order valence-electron chi connectivity index (χ2n) is 5.70. The Morgan fingerprint density at radius 2 is 2.30 bits per heavy atom. The molecule has 110 valence electrons. The molecule has 0 spiro atoms. The Morgan fingerprint density at radius 1 is 1.55 bits per heavy atom. The molecule has 0 aliphatic carbocycles. The highest BCUT2D eigenvalue weighted by Crippen LogP contribution is 2.37. The van der Waals surface area contributed by atoms with Crippen LogP contribution < -0.4 is 20.7 Å². The highest BCUT2D eigenvalue weighted by molar-refractivity contribution is 5.85. The monoisotopic (exact) mass is 277 g/mol. The van der Waals surface area contributed by atoms with E-state index in [1.54, 1.807) is 0 Å². The van der Waals surface area contributed by atoms with Gasteiger partial charge in [0.1, 0.15) is 17.5 Å². The van der Waals surface area contributed by atoms with Crippen LogP contribution in [0.1, 0.15) is 20.8 Å². The first kappa shape index (κ1) is 14.5. The van der Waals surface area contributed by atoms with Gasteiger partial charge in [-0.05, 0) is 25.0 Å². The van der Waals surface area contributed by atoms with E-state index in [0.717, 1.165) is 11.4 Å². The molecular formula is C15H23N3O2. The number of nitrogens with one attached hydrogen (secondary N) is 1. The van der Waals surface area contributed by atoms with Crippen molar-refractivity contribution >= 4 is 17.3 Å². The predicted molar refractivity (Wildman–Crippen MR) is 81.0 cm³/mol. The number of hydrogen-bond acceptors (Lipinski definition) is 4. The summed E-state index contributed by atoms with van der Waals surface area (Å²) in [5.41, 5.74) is 7.49. The van der Waals surface area contributed by atoms with Gasteiger partial charge in [-0.1, -0.05) is 19.9 Å². The second kappa shape index (κ2) is 6.03. The smallest absolute Gasteiger partial charge is 0.239 e. The SMILES string of the molecule is CC(C)CNC(=O)CN1CC(C)Oc2cccc(N)c21. The minimum Gasteiger partial charge on any atom is -0.487 e. The molecule has 0 saturated heterocycles. The van der Waals surface area contributed by atoms with E-state index >= 15 is 0 Å². The van der Waals surface area contributed by atoms with Gasteiger partial charge in [0, 0.05) is 6.54 Å². The van der Waals surface area contributed by atoms with Crippen molar-refractivity contribution in [2.75, 3.05) is 30.3 Å². The van der Waals surface area contributed by atoms with Crippen LogP contribution in [0.4, 0.5) is 11.4 Å². The summed E-state index contributed by atoms with van der Waals surface area (Å²) in [6, 6.07) is 5.58. The Hall–Kier alpha value is -1.91. The summed E-state index contributed by atoms with van der Waals surface area (Å²) in [6.45, 7) is 7.80. The van der Waals surface area contributed by atoms with Crippen molar-refractivity contribution in [1.29, 1.82) is 0 Å². The summed E-state index contributed by atoms with van der Waals surface area (Å²) in [5, 5.41) is 2.93. The van der Waals surface area contributed by atoms with Gasteiger partial charge < -0.3 is 20.7 Å². The lowest BCUT2D eigenvalue weighted by atomic mass is 10.1. The number of para-hydroxylation sites is 1. The highest BCUT2D eigenvalue weighted by Gasteiger charge is 2.26. The van der Waals surface area contributed by atoms with Crippen molar-refractivity contribution in [2.45, 2.75) is 26.9 Å². The van der Waals surface area contributed by atoms with E-state index in [0.29, 0.717) is 31.2 Å². The van der Waals surface area contributed by atoms with E-state index < -0.39 is 0 Å². The van der Waals surface area contributed by atoms with Crippen LogP contribution in [-0.4, -0.2) is 31.6 Å². The molecule has 0 saturated carbocycles. The number of benzene rings is 1. The Kier molecular flexibility index (Phi) is 4.37.